The van der Waals surface area contributed by atoms with Crippen LogP contribution in [0.5, 0.6) is 0 Å². The number of carbonyl (C=O) groups excluding carboxylic acids is 2. The van der Waals surface area contributed by atoms with Gasteiger partial charge in [0.15, 0.2) is 0 Å². The first kappa shape index (κ1) is 21.9. The topological polar surface area (TPSA) is 79.2 Å². The maximum atomic E-state index is 11.6. The molecule has 0 aliphatic heterocycles. The molecule has 0 heterocycles. The van der Waals surface area contributed by atoms with Gasteiger partial charge in [-0.2, -0.15) is 5.26 Å². The summed E-state index contributed by atoms with van der Waals surface area (Å²) in [6, 6.07) is 1.88. The lowest BCUT2D eigenvalue weighted by Crippen LogP contribution is -2.22. The number of ether oxygens (including phenoxy) is 1. The van der Waals surface area contributed by atoms with Crippen LogP contribution >= 0.6 is 0 Å². The molecule has 0 saturated heterocycles. The smallest absolute Gasteiger partial charge is 0.306 e. The Morgan fingerprint density at radius 2 is 1.96 bits per heavy atom. The Hall–Kier alpha value is -3.13. The fraction of sp³-hybridized carbons (Fsp3) is 0.250. The van der Waals surface area contributed by atoms with Gasteiger partial charge in [-0.3, -0.25) is 9.59 Å². The summed E-state index contributed by atoms with van der Waals surface area (Å²) in [7, 11) is 0. The average Bonchev–Trinajstić information content (AvgIpc) is 2.60. The molecule has 0 radical (unpaired) electrons. The van der Waals surface area contributed by atoms with E-state index < -0.39 is 0 Å². The quantitative estimate of drug-likeness (QED) is 0.271. The van der Waals surface area contributed by atoms with Crippen molar-refractivity contribution in [3.8, 4) is 6.07 Å². The lowest BCUT2D eigenvalue weighted by atomic mass is 10.2. The molecule has 0 unspecified atom stereocenters. The molecular weight excluding hydrogens is 316 g/mol. The molecule has 132 valence electrons. The standard InChI is InChI=1S/C20H24N2O3/c1-4-18(12-7-6-8-14-20(24)25-5-2)16-22-19(23)13-10-9-11-17(3)15-21/h4,6-7,9-13H,1,3,5,8,14,16H2,2H3,(H,22,23)/b7-6+,11-9-,13-10+,18-12+. The van der Waals surface area contributed by atoms with Gasteiger partial charge in [0.05, 0.1) is 12.7 Å². The van der Waals surface area contributed by atoms with E-state index in [1.54, 1.807) is 19.1 Å². The summed E-state index contributed by atoms with van der Waals surface area (Å²) in [6.45, 7) is 9.68. The van der Waals surface area contributed by atoms with Crippen molar-refractivity contribution in [3.05, 3.63) is 72.9 Å². The van der Waals surface area contributed by atoms with E-state index in [0.29, 0.717) is 31.6 Å². The fourth-order valence-corrected chi connectivity index (χ4v) is 1.52. The molecule has 0 fully saturated rings. The second-order valence-corrected chi connectivity index (χ2v) is 4.79. The Balaban J connectivity index is 4.25. The van der Waals surface area contributed by atoms with Gasteiger partial charge in [-0.05, 0) is 25.0 Å². The van der Waals surface area contributed by atoms with Gasteiger partial charge in [-0.25, -0.2) is 0 Å². The number of rotatable bonds is 11. The minimum atomic E-state index is -0.258. The molecule has 1 amide bonds. The third kappa shape index (κ3) is 13.0. The lowest BCUT2D eigenvalue weighted by molar-refractivity contribution is -0.143. The second-order valence-electron chi connectivity index (χ2n) is 4.79. The summed E-state index contributed by atoms with van der Waals surface area (Å²) < 4.78 is 4.83. The molecule has 1 N–H and O–H groups in total. The molecule has 25 heavy (non-hydrogen) atoms. The van der Waals surface area contributed by atoms with Gasteiger partial charge in [0.2, 0.25) is 5.91 Å². The number of amides is 1. The van der Waals surface area contributed by atoms with Crippen molar-refractivity contribution < 1.29 is 14.3 Å². The number of hydrogen-bond donors (Lipinski definition) is 1. The molecular formula is C20H24N2O3. The Morgan fingerprint density at radius 1 is 1.24 bits per heavy atom. The van der Waals surface area contributed by atoms with Crippen LogP contribution in [0.15, 0.2) is 72.9 Å². The molecule has 0 aromatic heterocycles. The molecule has 0 aliphatic rings. The highest BCUT2D eigenvalue weighted by Gasteiger charge is 1.98. The van der Waals surface area contributed by atoms with Crippen LogP contribution in [0, 0.1) is 11.3 Å². The van der Waals surface area contributed by atoms with Crippen molar-refractivity contribution in [2.45, 2.75) is 19.8 Å². The predicted molar refractivity (Wildman–Crippen MR) is 99.3 cm³/mol. The summed E-state index contributed by atoms with van der Waals surface area (Å²) in [6.07, 6.45) is 14.0. The highest BCUT2D eigenvalue weighted by Crippen LogP contribution is 1.98. The monoisotopic (exact) mass is 340 g/mol. The molecule has 5 heteroatoms. The van der Waals surface area contributed by atoms with Crippen LogP contribution in [-0.2, 0) is 14.3 Å². The molecule has 0 aromatic rings. The van der Waals surface area contributed by atoms with E-state index in [1.807, 2.05) is 24.3 Å². The van der Waals surface area contributed by atoms with Crippen molar-refractivity contribution in [1.29, 1.82) is 5.26 Å². The minimum absolute atomic E-state index is 0.216. The highest BCUT2D eigenvalue weighted by molar-refractivity contribution is 5.88. The Bertz CT molecular complexity index is 632. The van der Waals surface area contributed by atoms with Crippen LogP contribution < -0.4 is 5.32 Å². The third-order valence-corrected chi connectivity index (χ3v) is 2.80. The number of esters is 1. The van der Waals surface area contributed by atoms with E-state index in [9.17, 15) is 9.59 Å². The zero-order valence-corrected chi connectivity index (χ0v) is 14.5. The highest BCUT2D eigenvalue weighted by atomic mass is 16.5. The van der Waals surface area contributed by atoms with Gasteiger partial charge >= 0.3 is 5.97 Å². The maximum absolute atomic E-state index is 11.6. The van der Waals surface area contributed by atoms with Crippen molar-refractivity contribution >= 4 is 11.9 Å². The second kappa shape index (κ2) is 14.5. The van der Waals surface area contributed by atoms with Crippen LogP contribution in [0.2, 0.25) is 0 Å². The third-order valence-electron chi connectivity index (χ3n) is 2.80. The Kier molecular flexibility index (Phi) is 12.7. The molecule has 0 atom stereocenters. The van der Waals surface area contributed by atoms with Crippen LogP contribution in [0.4, 0.5) is 0 Å². The molecule has 0 bridgehead atoms. The fourth-order valence-electron chi connectivity index (χ4n) is 1.52. The number of nitrogens with zero attached hydrogens (tertiary/aromatic N) is 1. The van der Waals surface area contributed by atoms with Gasteiger partial charge in [0, 0.05) is 24.6 Å². The molecule has 0 rings (SSSR count). The largest absolute Gasteiger partial charge is 0.466 e. The molecule has 0 saturated carbocycles. The first-order valence-electron chi connectivity index (χ1n) is 7.88. The van der Waals surface area contributed by atoms with E-state index in [-0.39, 0.29) is 11.9 Å². The lowest BCUT2D eigenvalue weighted by Gasteiger charge is -2.02. The first-order chi connectivity index (χ1) is 12.0. The van der Waals surface area contributed by atoms with E-state index in [1.165, 1.54) is 18.2 Å². The number of allylic oxidation sites excluding steroid dienone is 7. The minimum Gasteiger partial charge on any atom is -0.466 e. The predicted octanol–water partition coefficient (Wildman–Crippen LogP) is 3.31. The molecule has 5 nitrogen and oxygen atoms in total. The zero-order chi connectivity index (χ0) is 18.9. The van der Waals surface area contributed by atoms with Gasteiger partial charge < -0.3 is 10.1 Å². The van der Waals surface area contributed by atoms with E-state index in [4.69, 9.17) is 10.00 Å². The summed E-state index contributed by atoms with van der Waals surface area (Å²) in [5, 5.41) is 11.2. The first-order valence-corrected chi connectivity index (χ1v) is 7.88. The average molecular weight is 340 g/mol. The van der Waals surface area contributed by atoms with Gasteiger partial charge in [-0.15, -0.1) is 0 Å². The van der Waals surface area contributed by atoms with E-state index in [2.05, 4.69) is 18.5 Å². The summed E-state index contributed by atoms with van der Waals surface area (Å²) >= 11 is 0. The van der Waals surface area contributed by atoms with Crippen LogP contribution in [0.1, 0.15) is 19.8 Å². The van der Waals surface area contributed by atoms with Crippen molar-refractivity contribution in [2.24, 2.45) is 0 Å². The Labute approximate surface area is 149 Å². The number of carbonyl (C=O) groups is 2. The summed E-state index contributed by atoms with van der Waals surface area (Å²) in [5.74, 6) is -0.474. The Morgan fingerprint density at radius 3 is 2.60 bits per heavy atom. The molecule has 0 aromatic carbocycles. The van der Waals surface area contributed by atoms with E-state index in [0.717, 1.165) is 5.57 Å². The van der Waals surface area contributed by atoms with Crippen molar-refractivity contribution in [1.82, 2.24) is 5.32 Å². The maximum Gasteiger partial charge on any atom is 0.306 e. The van der Waals surface area contributed by atoms with E-state index >= 15 is 0 Å². The van der Waals surface area contributed by atoms with Crippen LogP contribution in [0.3, 0.4) is 0 Å². The van der Waals surface area contributed by atoms with Gasteiger partial charge in [0.25, 0.3) is 0 Å². The van der Waals surface area contributed by atoms with Crippen LogP contribution in [-0.4, -0.2) is 25.0 Å². The normalized spacial score (nSPS) is 11.6. The number of nitrogens with one attached hydrogen (secondary N) is 1. The molecule has 0 spiro atoms. The summed E-state index contributed by atoms with van der Waals surface area (Å²) in [4.78, 5) is 22.8. The number of hydrogen-bond acceptors (Lipinski definition) is 4. The van der Waals surface area contributed by atoms with Crippen molar-refractivity contribution in [3.63, 3.8) is 0 Å². The number of nitriles is 1. The summed E-state index contributed by atoms with van der Waals surface area (Å²) in [5.41, 5.74) is 1.15. The van der Waals surface area contributed by atoms with Crippen molar-refractivity contribution in [2.75, 3.05) is 13.2 Å². The van der Waals surface area contributed by atoms with Gasteiger partial charge in [-0.1, -0.05) is 49.6 Å². The zero-order valence-electron chi connectivity index (χ0n) is 14.5. The molecule has 0 aliphatic carbocycles. The van der Waals surface area contributed by atoms with Gasteiger partial charge in [0.1, 0.15) is 0 Å². The SMILES string of the molecule is C=C/C(=C\C=C\CCC(=O)OCC)CNC(=O)/C=C/C=C\C(=C)C#N. The van der Waals surface area contributed by atoms with Crippen LogP contribution in [0.25, 0.3) is 0 Å².